The molecule has 0 spiro atoms. The number of aryl methyl sites for hydroxylation is 1. The molecule has 7 heteroatoms. The van der Waals surface area contributed by atoms with Crippen molar-refractivity contribution in [1.29, 1.82) is 0 Å². The fourth-order valence-electron chi connectivity index (χ4n) is 4.70. The van der Waals surface area contributed by atoms with Crippen molar-refractivity contribution in [3.05, 3.63) is 58.8 Å². The van der Waals surface area contributed by atoms with Crippen molar-refractivity contribution in [2.24, 2.45) is 5.92 Å². The van der Waals surface area contributed by atoms with Crippen molar-refractivity contribution < 1.29 is 4.79 Å². The quantitative estimate of drug-likeness (QED) is 0.509. The van der Waals surface area contributed by atoms with Crippen LogP contribution < -0.4 is 15.8 Å². The Balaban J connectivity index is 1.55. The minimum atomic E-state index is -0.0673. The van der Waals surface area contributed by atoms with Crippen LogP contribution in [0.25, 0.3) is 11.1 Å². The van der Waals surface area contributed by atoms with Gasteiger partial charge in [-0.25, -0.2) is 0 Å². The lowest BCUT2D eigenvalue weighted by molar-refractivity contribution is -0.127. The third-order valence-corrected chi connectivity index (χ3v) is 6.91. The molecule has 2 aromatic rings. The molecule has 1 saturated carbocycles. The van der Waals surface area contributed by atoms with Gasteiger partial charge in [-0.1, -0.05) is 26.8 Å². The van der Waals surface area contributed by atoms with Gasteiger partial charge in [-0.2, -0.15) is 0 Å². The molecule has 1 saturated heterocycles. The number of carbonyl (C=O) groups is 1. The van der Waals surface area contributed by atoms with Crippen LogP contribution in [0.5, 0.6) is 0 Å². The second-order valence-corrected chi connectivity index (χ2v) is 10.1. The molecule has 1 aliphatic carbocycles. The van der Waals surface area contributed by atoms with Crippen LogP contribution in [0.3, 0.4) is 0 Å². The number of hydrogen-bond acceptors (Lipinski definition) is 5. The standard InChI is InChI=1S/C28H39N5O2/c1-4-24-15-22(11-13-30-24)23-16-26(28(35)31-17-23)33(18-21-9-10-21)25-7-6-14-32(19-25)27(34)8-5-12-29-20(2)3/h5,8,11,13,15-17,20-21,25,29H,4,6-7,9-10,12,14,18-19H2,1-3H3,(H,31,35)/b8-5+. The Morgan fingerprint density at radius 2 is 2.11 bits per heavy atom. The molecule has 1 amide bonds. The number of likely N-dealkylation sites (tertiary alicyclic amines) is 1. The molecular weight excluding hydrogens is 438 g/mol. The Hall–Kier alpha value is -2.93. The SMILES string of the molecule is CCc1cc(-c2c[nH]c(=O)c(N(CC3CC3)C3CCCN(C(=O)/C=C/CNC(C)C)C3)c2)ccn1. The summed E-state index contributed by atoms with van der Waals surface area (Å²) in [7, 11) is 0. The predicted octanol–water partition coefficient (Wildman–Crippen LogP) is 3.76. The Labute approximate surface area is 208 Å². The van der Waals surface area contributed by atoms with Gasteiger partial charge in [0.25, 0.3) is 5.56 Å². The summed E-state index contributed by atoms with van der Waals surface area (Å²) >= 11 is 0. The first-order chi connectivity index (χ1) is 16.9. The van der Waals surface area contributed by atoms with E-state index in [0.29, 0.717) is 30.7 Å². The maximum Gasteiger partial charge on any atom is 0.271 e. The van der Waals surface area contributed by atoms with Crippen molar-refractivity contribution in [3.63, 3.8) is 0 Å². The summed E-state index contributed by atoms with van der Waals surface area (Å²) < 4.78 is 0. The summed E-state index contributed by atoms with van der Waals surface area (Å²) in [6, 6.07) is 6.62. The zero-order valence-electron chi connectivity index (χ0n) is 21.3. The van der Waals surface area contributed by atoms with Crippen LogP contribution in [-0.2, 0) is 11.2 Å². The molecule has 2 aromatic heterocycles. The minimum Gasteiger partial charge on any atom is -0.362 e. The van der Waals surface area contributed by atoms with Crippen LogP contribution in [0.1, 0.15) is 52.1 Å². The Morgan fingerprint density at radius 1 is 1.29 bits per heavy atom. The number of pyridine rings is 2. The minimum absolute atomic E-state index is 0.0539. The molecule has 1 atom stereocenters. The molecule has 0 radical (unpaired) electrons. The molecule has 188 valence electrons. The van der Waals surface area contributed by atoms with Gasteiger partial charge in [0, 0.05) is 68.0 Å². The molecule has 0 aromatic carbocycles. The van der Waals surface area contributed by atoms with Crippen molar-refractivity contribution >= 4 is 11.6 Å². The van der Waals surface area contributed by atoms with Gasteiger partial charge in [0.15, 0.2) is 0 Å². The molecule has 1 aliphatic heterocycles. The van der Waals surface area contributed by atoms with Crippen LogP contribution in [0, 0.1) is 5.92 Å². The largest absolute Gasteiger partial charge is 0.362 e. The Bertz CT molecular complexity index is 1090. The fourth-order valence-corrected chi connectivity index (χ4v) is 4.70. The van der Waals surface area contributed by atoms with Gasteiger partial charge in [-0.15, -0.1) is 0 Å². The van der Waals surface area contributed by atoms with Crippen LogP contribution in [0.2, 0.25) is 0 Å². The summed E-state index contributed by atoms with van der Waals surface area (Å²) in [4.78, 5) is 37.5. The van der Waals surface area contributed by atoms with Crippen LogP contribution >= 0.6 is 0 Å². The van der Waals surface area contributed by atoms with Gasteiger partial charge in [-0.3, -0.25) is 14.6 Å². The van der Waals surface area contributed by atoms with E-state index in [1.807, 2.05) is 29.3 Å². The highest BCUT2D eigenvalue weighted by Gasteiger charge is 2.33. The average Bonchev–Trinajstić information content (AvgIpc) is 3.70. The van der Waals surface area contributed by atoms with Crippen molar-refractivity contribution in [2.75, 3.05) is 31.1 Å². The van der Waals surface area contributed by atoms with E-state index in [4.69, 9.17) is 0 Å². The highest BCUT2D eigenvalue weighted by atomic mass is 16.2. The van der Waals surface area contributed by atoms with Gasteiger partial charge >= 0.3 is 0 Å². The molecule has 2 aliphatic rings. The number of H-pyrrole nitrogens is 1. The topological polar surface area (TPSA) is 81.3 Å². The summed E-state index contributed by atoms with van der Waals surface area (Å²) in [6.45, 7) is 9.23. The molecule has 2 fully saturated rings. The molecule has 1 unspecified atom stereocenters. The zero-order valence-corrected chi connectivity index (χ0v) is 21.3. The lowest BCUT2D eigenvalue weighted by Crippen LogP contribution is -2.51. The molecule has 3 heterocycles. The number of piperidine rings is 1. The Kier molecular flexibility index (Phi) is 8.39. The van der Waals surface area contributed by atoms with Gasteiger partial charge in [0.1, 0.15) is 5.69 Å². The zero-order chi connectivity index (χ0) is 24.8. The maximum atomic E-state index is 13.0. The normalized spacial score (nSPS) is 18.4. The first-order valence-electron chi connectivity index (χ1n) is 13.1. The lowest BCUT2D eigenvalue weighted by atomic mass is 10.0. The average molecular weight is 478 g/mol. The van der Waals surface area contributed by atoms with Crippen molar-refractivity contribution in [2.45, 2.75) is 65.0 Å². The van der Waals surface area contributed by atoms with E-state index < -0.39 is 0 Å². The van der Waals surface area contributed by atoms with Crippen molar-refractivity contribution in [1.82, 2.24) is 20.2 Å². The number of rotatable bonds is 10. The highest BCUT2D eigenvalue weighted by Crippen LogP contribution is 2.34. The Morgan fingerprint density at radius 3 is 2.86 bits per heavy atom. The first-order valence-corrected chi connectivity index (χ1v) is 13.1. The summed E-state index contributed by atoms with van der Waals surface area (Å²) in [5.74, 6) is 0.678. The first kappa shape index (κ1) is 25.2. The third-order valence-electron chi connectivity index (χ3n) is 6.91. The molecule has 0 bridgehead atoms. The molecule has 7 nitrogen and oxygen atoms in total. The van der Waals surface area contributed by atoms with E-state index in [-0.39, 0.29) is 17.5 Å². The van der Waals surface area contributed by atoms with Crippen LogP contribution in [0.4, 0.5) is 5.69 Å². The molecular formula is C28H39N5O2. The second-order valence-electron chi connectivity index (χ2n) is 10.1. The summed E-state index contributed by atoms with van der Waals surface area (Å²) in [5, 5.41) is 3.31. The number of hydrogen-bond donors (Lipinski definition) is 2. The number of carbonyl (C=O) groups excluding carboxylic acids is 1. The van der Waals surface area contributed by atoms with Gasteiger partial charge in [0.05, 0.1) is 0 Å². The summed E-state index contributed by atoms with van der Waals surface area (Å²) in [5.41, 5.74) is 3.72. The second kappa shape index (κ2) is 11.7. The molecule has 35 heavy (non-hydrogen) atoms. The van der Waals surface area contributed by atoms with E-state index in [9.17, 15) is 9.59 Å². The summed E-state index contributed by atoms with van der Waals surface area (Å²) in [6.07, 6.45) is 12.4. The third kappa shape index (κ3) is 6.82. The number of nitrogens with one attached hydrogen (secondary N) is 2. The highest BCUT2D eigenvalue weighted by molar-refractivity contribution is 5.87. The van der Waals surface area contributed by atoms with Crippen molar-refractivity contribution in [3.8, 4) is 11.1 Å². The van der Waals surface area contributed by atoms with Gasteiger partial charge < -0.3 is 20.1 Å². The van der Waals surface area contributed by atoms with Crippen LogP contribution in [0.15, 0.2) is 47.5 Å². The fraction of sp³-hybridized carbons (Fsp3) is 0.536. The van der Waals surface area contributed by atoms with E-state index in [1.165, 1.54) is 12.8 Å². The number of aromatic amines is 1. The number of nitrogens with zero attached hydrogens (tertiary/aromatic N) is 3. The predicted molar refractivity (Wildman–Crippen MR) is 142 cm³/mol. The monoisotopic (exact) mass is 477 g/mol. The maximum absolute atomic E-state index is 13.0. The van der Waals surface area contributed by atoms with Crippen LogP contribution in [-0.4, -0.2) is 59.0 Å². The van der Waals surface area contributed by atoms with E-state index in [1.54, 1.807) is 12.3 Å². The molecule has 2 N–H and O–H groups in total. The van der Waals surface area contributed by atoms with E-state index >= 15 is 0 Å². The van der Waals surface area contributed by atoms with Gasteiger partial charge in [-0.05, 0) is 61.8 Å². The van der Waals surface area contributed by atoms with E-state index in [2.05, 4.69) is 47.0 Å². The smallest absolute Gasteiger partial charge is 0.271 e. The number of anilines is 1. The number of aromatic nitrogens is 2. The number of amides is 1. The van der Waals surface area contributed by atoms with Gasteiger partial charge in [0.2, 0.25) is 5.91 Å². The lowest BCUT2D eigenvalue weighted by Gasteiger charge is -2.40. The molecule has 4 rings (SSSR count). The van der Waals surface area contributed by atoms with E-state index in [0.717, 1.165) is 49.2 Å².